The molecule has 3 rings (SSSR count). The molecule has 2 saturated heterocycles. The Hall–Kier alpha value is -0.340. The maximum Gasteiger partial charge on any atom is 0.0102 e. The van der Waals surface area contributed by atoms with Crippen LogP contribution in [0.25, 0.3) is 0 Å². The topological polar surface area (TPSA) is 6.48 Å². The first-order chi connectivity index (χ1) is 10.0. The van der Waals surface area contributed by atoms with E-state index in [-0.39, 0.29) is 0 Å². The molecule has 2 heteroatoms. The Bertz CT molecular complexity index is 369. The van der Waals surface area contributed by atoms with Gasteiger partial charge in [-0.3, -0.25) is 4.90 Å². The maximum absolute atomic E-state index is 4.10. The van der Waals surface area contributed by atoms with Crippen molar-refractivity contribution in [2.45, 2.75) is 58.4 Å². The molecule has 0 aromatic heterocycles. The minimum absolute atomic E-state index is 0.627. The molecule has 0 N–H and O–H groups in total. The molecule has 0 bridgehead atoms. The fraction of sp³-hybridized carbons (Fsp3) is 0.895. The Morgan fingerprint density at radius 3 is 2.29 bits per heavy atom. The van der Waals surface area contributed by atoms with Gasteiger partial charge >= 0.3 is 0 Å². The van der Waals surface area contributed by atoms with Crippen molar-refractivity contribution in [1.82, 2.24) is 9.80 Å². The highest BCUT2D eigenvalue weighted by Gasteiger charge is 2.48. The lowest BCUT2D eigenvalue weighted by molar-refractivity contribution is -0.0438. The zero-order chi connectivity index (χ0) is 15.0. The highest BCUT2D eigenvalue weighted by Crippen LogP contribution is 2.47. The van der Waals surface area contributed by atoms with Crippen LogP contribution in [0.15, 0.2) is 12.2 Å². The van der Waals surface area contributed by atoms with Gasteiger partial charge in [-0.05, 0) is 63.3 Å². The molecular weight excluding hydrogens is 256 g/mol. The summed E-state index contributed by atoms with van der Waals surface area (Å²) < 4.78 is 0. The summed E-state index contributed by atoms with van der Waals surface area (Å²) in [5.41, 5.74) is 1.99. The van der Waals surface area contributed by atoms with Gasteiger partial charge in [-0.25, -0.2) is 0 Å². The molecule has 2 unspecified atom stereocenters. The zero-order valence-corrected chi connectivity index (χ0v) is 14.4. The second-order valence-electron chi connectivity index (χ2n) is 8.48. The third-order valence-electron chi connectivity index (χ3n) is 6.36. The highest BCUT2D eigenvalue weighted by atomic mass is 15.2. The van der Waals surface area contributed by atoms with Crippen molar-refractivity contribution in [3.8, 4) is 0 Å². The molecule has 2 heterocycles. The Morgan fingerprint density at radius 2 is 1.76 bits per heavy atom. The summed E-state index contributed by atoms with van der Waals surface area (Å²) in [6.07, 6.45) is 8.29. The van der Waals surface area contributed by atoms with Gasteiger partial charge in [0, 0.05) is 32.2 Å². The van der Waals surface area contributed by atoms with Gasteiger partial charge in [-0.2, -0.15) is 0 Å². The van der Waals surface area contributed by atoms with Crippen molar-refractivity contribution < 1.29 is 0 Å². The minimum atomic E-state index is 0.627. The standard InChI is InChI=1S/C19H34N2/c1-5-7-19(8-6-15(2)3)13-21(14-19)18-9-16-11-20(4)12-17(16)10-18/h16-18H,2,5-14H2,1,3-4H3. The Morgan fingerprint density at radius 1 is 1.14 bits per heavy atom. The van der Waals surface area contributed by atoms with Gasteiger partial charge in [-0.1, -0.05) is 18.9 Å². The average molecular weight is 290 g/mol. The molecule has 2 atom stereocenters. The summed E-state index contributed by atoms with van der Waals surface area (Å²) in [6, 6.07) is 0.906. The summed E-state index contributed by atoms with van der Waals surface area (Å²) in [5, 5.41) is 0. The summed E-state index contributed by atoms with van der Waals surface area (Å²) >= 11 is 0. The second kappa shape index (κ2) is 6.04. The van der Waals surface area contributed by atoms with E-state index in [9.17, 15) is 0 Å². The third-order valence-corrected chi connectivity index (χ3v) is 6.36. The van der Waals surface area contributed by atoms with E-state index in [1.165, 1.54) is 70.3 Å². The molecule has 21 heavy (non-hydrogen) atoms. The van der Waals surface area contributed by atoms with Crippen LogP contribution in [0.5, 0.6) is 0 Å². The van der Waals surface area contributed by atoms with Crippen molar-refractivity contribution in [2.75, 3.05) is 33.2 Å². The Kier molecular flexibility index (Phi) is 4.47. The zero-order valence-electron chi connectivity index (χ0n) is 14.4. The van der Waals surface area contributed by atoms with E-state index >= 15 is 0 Å². The molecule has 0 aromatic rings. The van der Waals surface area contributed by atoms with E-state index in [0.717, 1.165) is 17.9 Å². The first kappa shape index (κ1) is 15.6. The number of hydrogen-bond acceptors (Lipinski definition) is 2. The van der Waals surface area contributed by atoms with E-state index in [0.29, 0.717) is 5.41 Å². The molecule has 0 radical (unpaired) electrons. The quantitative estimate of drug-likeness (QED) is 0.687. The summed E-state index contributed by atoms with van der Waals surface area (Å²) in [5.74, 6) is 1.99. The normalized spacial score (nSPS) is 35.7. The van der Waals surface area contributed by atoms with Crippen molar-refractivity contribution >= 4 is 0 Å². The molecule has 3 aliphatic rings. The van der Waals surface area contributed by atoms with E-state index in [4.69, 9.17) is 0 Å². The van der Waals surface area contributed by atoms with Crippen molar-refractivity contribution in [2.24, 2.45) is 17.3 Å². The lowest BCUT2D eigenvalue weighted by atomic mass is 9.71. The number of fused-ring (bicyclic) bond motifs is 1. The first-order valence-electron chi connectivity index (χ1n) is 9.08. The van der Waals surface area contributed by atoms with Crippen LogP contribution >= 0.6 is 0 Å². The molecule has 1 aliphatic carbocycles. The monoisotopic (exact) mass is 290 g/mol. The van der Waals surface area contributed by atoms with Gasteiger partial charge in [0.05, 0.1) is 0 Å². The number of likely N-dealkylation sites (tertiary alicyclic amines) is 2. The fourth-order valence-corrected chi connectivity index (χ4v) is 5.32. The van der Waals surface area contributed by atoms with Crippen molar-refractivity contribution in [3.63, 3.8) is 0 Å². The van der Waals surface area contributed by atoms with Crippen LogP contribution in [0.2, 0.25) is 0 Å². The Balaban J connectivity index is 1.50. The van der Waals surface area contributed by atoms with Crippen molar-refractivity contribution in [1.29, 1.82) is 0 Å². The van der Waals surface area contributed by atoms with Crippen LogP contribution in [0.1, 0.15) is 52.4 Å². The SMILES string of the molecule is C=C(C)CCC1(CCC)CN(C2CC3CN(C)CC3C2)C1. The van der Waals surface area contributed by atoms with Crippen molar-refractivity contribution in [3.05, 3.63) is 12.2 Å². The number of allylic oxidation sites excluding steroid dienone is 1. The van der Waals surface area contributed by atoms with Crippen LogP contribution in [-0.4, -0.2) is 49.1 Å². The van der Waals surface area contributed by atoms with Gasteiger partial charge < -0.3 is 4.90 Å². The molecule has 1 saturated carbocycles. The molecule has 0 aromatic carbocycles. The van der Waals surface area contributed by atoms with E-state index < -0.39 is 0 Å². The highest BCUT2D eigenvalue weighted by molar-refractivity contribution is 5.04. The average Bonchev–Trinajstić information content (AvgIpc) is 2.88. The first-order valence-corrected chi connectivity index (χ1v) is 9.08. The third kappa shape index (κ3) is 3.22. The predicted octanol–water partition coefficient (Wildman–Crippen LogP) is 3.79. The van der Waals surface area contributed by atoms with Gasteiger partial charge in [0.25, 0.3) is 0 Å². The van der Waals surface area contributed by atoms with Gasteiger partial charge in [-0.15, -0.1) is 6.58 Å². The summed E-state index contributed by atoms with van der Waals surface area (Å²) in [4.78, 5) is 5.36. The lowest BCUT2D eigenvalue weighted by Crippen LogP contribution is -2.59. The molecule has 0 amide bonds. The maximum atomic E-state index is 4.10. The molecule has 120 valence electrons. The minimum Gasteiger partial charge on any atom is -0.306 e. The molecule has 2 nitrogen and oxygen atoms in total. The van der Waals surface area contributed by atoms with Crippen LogP contribution in [0.4, 0.5) is 0 Å². The molecule has 3 fully saturated rings. The van der Waals surface area contributed by atoms with Crippen LogP contribution in [-0.2, 0) is 0 Å². The van der Waals surface area contributed by atoms with E-state index in [2.05, 4.69) is 37.3 Å². The van der Waals surface area contributed by atoms with Gasteiger partial charge in [0.15, 0.2) is 0 Å². The smallest absolute Gasteiger partial charge is 0.0102 e. The van der Waals surface area contributed by atoms with E-state index in [1.807, 2.05) is 0 Å². The number of nitrogens with zero attached hydrogens (tertiary/aromatic N) is 2. The van der Waals surface area contributed by atoms with Crippen LogP contribution in [0, 0.1) is 17.3 Å². The second-order valence-corrected chi connectivity index (χ2v) is 8.48. The summed E-state index contributed by atoms with van der Waals surface area (Å²) in [6.45, 7) is 14.1. The van der Waals surface area contributed by atoms with Gasteiger partial charge in [0.1, 0.15) is 0 Å². The van der Waals surface area contributed by atoms with E-state index in [1.54, 1.807) is 0 Å². The Labute approximate surface area is 131 Å². The lowest BCUT2D eigenvalue weighted by Gasteiger charge is -2.53. The van der Waals surface area contributed by atoms with Crippen LogP contribution in [0.3, 0.4) is 0 Å². The fourth-order valence-electron chi connectivity index (χ4n) is 5.32. The number of hydrogen-bond donors (Lipinski definition) is 0. The largest absolute Gasteiger partial charge is 0.306 e. The molecule has 0 spiro atoms. The van der Waals surface area contributed by atoms with Crippen LogP contribution < -0.4 is 0 Å². The predicted molar refractivity (Wildman–Crippen MR) is 90.5 cm³/mol. The molecular formula is C19H34N2. The summed E-state index contributed by atoms with van der Waals surface area (Å²) in [7, 11) is 2.29. The van der Waals surface area contributed by atoms with Gasteiger partial charge in [0.2, 0.25) is 0 Å². The number of rotatable bonds is 6. The molecule has 2 aliphatic heterocycles.